The summed E-state index contributed by atoms with van der Waals surface area (Å²) in [5.74, 6) is 2.13. The SMILES string of the molecule is CC(Nc1ccc(-c2cn3c(n2)CCCC3)cc1)c1ncnn1C. The van der Waals surface area contributed by atoms with Crippen LogP contribution in [0, 0.1) is 0 Å². The minimum Gasteiger partial charge on any atom is -0.375 e. The Labute approximate surface area is 141 Å². The fourth-order valence-electron chi connectivity index (χ4n) is 3.30. The van der Waals surface area contributed by atoms with Crippen LogP contribution in [0.5, 0.6) is 0 Å². The Morgan fingerprint density at radius 1 is 1.17 bits per heavy atom. The van der Waals surface area contributed by atoms with Crippen molar-refractivity contribution < 1.29 is 0 Å². The van der Waals surface area contributed by atoms with Crippen molar-refractivity contribution in [1.29, 1.82) is 0 Å². The van der Waals surface area contributed by atoms with E-state index in [-0.39, 0.29) is 6.04 Å². The van der Waals surface area contributed by atoms with Crippen LogP contribution in [0.1, 0.15) is 37.5 Å². The topological polar surface area (TPSA) is 60.6 Å². The van der Waals surface area contributed by atoms with Crippen LogP contribution in [0.2, 0.25) is 0 Å². The summed E-state index contributed by atoms with van der Waals surface area (Å²) in [6, 6.07) is 8.55. The first-order valence-corrected chi connectivity index (χ1v) is 8.47. The van der Waals surface area contributed by atoms with E-state index in [0.29, 0.717) is 0 Å². The van der Waals surface area contributed by atoms with Crippen molar-refractivity contribution in [2.24, 2.45) is 7.05 Å². The van der Waals surface area contributed by atoms with E-state index in [9.17, 15) is 0 Å². The number of aromatic nitrogens is 5. The van der Waals surface area contributed by atoms with Crippen LogP contribution >= 0.6 is 0 Å². The lowest BCUT2D eigenvalue weighted by atomic mass is 10.1. The molecule has 3 heterocycles. The molecule has 0 amide bonds. The molecule has 1 N–H and O–H groups in total. The van der Waals surface area contributed by atoms with Gasteiger partial charge in [0.15, 0.2) is 0 Å². The molecule has 6 heteroatoms. The number of rotatable bonds is 4. The highest BCUT2D eigenvalue weighted by molar-refractivity contribution is 5.62. The minimum atomic E-state index is 0.100. The van der Waals surface area contributed by atoms with Gasteiger partial charge < -0.3 is 9.88 Å². The van der Waals surface area contributed by atoms with Crippen LogP contribution in [-0.2, 0) is 20.0 Å². The third-order valence-corrected chi connectivity index (χ3v) is 4.61. The van der Waals surface area contributed by atoms with Crippen molar-refractivity contribution in [1.82, 2.24) is 24.3 Å². The van der Waals surface area contributed by atoms with Crippen molar-refractivity contribution in [3.63, 3.8) is 0 Å². The van der Waals surface area contributed by atoms with Crippen molar-refractivity contribution in [3.05, 3.63) is 48.4 Å². The van der Waals surface area contributed by atoms with Crippen molar-refractivity contribution in [3.8, 4) is 11.3 Å². The number of hydrogen-bond donors (Lipinski definition) is 1. The molecule has 0 spiro atoms. The predicted molar refractivity (Wildman–Crippen MR) is 93.6 cm³/mol. The third-order valence-electron chi connectivity index (χ3n) is 4.61. The Balaban J connectivity index is 1.50. The summed E-state index contributed by atoms with van der Waals surface area (Å²) in [5.41, 5.74) is 3.30. The van der Waals surface area contributed by atoms with Crippen LogP contribution in [0.15, 0.2) is 36.8 Å². The predicted octanol–water partition coefficient (Wildman–Crippen LogP) is 3.19. The zero-order valence-electron chi connectivity index (χ0n) is 14.1. The lowest BCUT2D eigenvalue weighted by Crippen LogP contribution is -2.12. The van der Waals surface area contributed by atoms with E-state index in [1.165, 1.54) is 18.7 Å². The first kappa shape index (κ1) is 14.9. The average Bonchev–Trinajstić information content (AvgIpc) is 3.21. The summed E-state index contributed by atoms with van der Waals surface area (Å²) < 4.78 is 4.09. The number of imidazole rings is 1. The molecule has 4 rings (SSSR count). The van der Waals surface area contributed by atoms with Gasteiger partial charge in [0, 0.05) is 37.5 Å². The highest BCUT2D eigenvalue weighted by Crippen LogP contribution is 2.25. The first-order valence-electron chi connectivity index (χ1n) is 8.47. The van der Waals surface area contributed by atoms with Crippen LogP contribution in [0.3, 0.4) is 0 Å². The summed E-state index contributed by atoms with van der Waals surface area (Å²) in [7, 11) is 1.91. The Kier molecular flexibility index (Phi) is 3.80. The number of benzene rings is 1. The number of hydrogen-bond acceptors (Lipinski definition) is 4. The molecule has 0 saturated heterocycles. The lowest BCUT2D eigenvalue weighted by molar-refractivity contribution is 0.522. The second kappa shape index (κ2) is 6.11. The van der Waals surface area contributed by atoms with Gasteiger partial charge in [-0.05, 0) is 31.9 Å². The van der Waals surface area contributed by atoms with Gasteiger partial charge in [0.05, 0.1) is 11.7 Å². The van der Waals surface area contributed by atoms with Crippen molar-refractivity contribution in [2.75, 3.05) is 5.32 Å². The molecular formula is C18H22N6. The quantitative estimate of drug-likeness (QED) is 0.801. The molecule has 1 atom stereocenters. The zero-order valence-corrected chi connectivity index (χ0v) is 14.1. The third kappa shape index (κ3) is 2.79. The fourth-order valence-corrected chi connectivity index (χ4v) is 3.30. The van der Waals surface area contributed by atoms with Gasteiger partial charge in [-0.2, -0.15) is 5.10 Å². The van der Waals surface area contributed by atoms with Gasteiger partial charge in [-0.15, -0.1) is 0 Å². The van der Waals surface area contributed by atoms with Crippen LogP contribution in [0.25, 0.3) is 11.3 Å². The molecule has 1 aliphatic heterocycles. The molecule has 1 unspecified atom stereocenters. The summed E-state index contributed by atoms with van der Waals surface area (Å²) in [5, 5.41) is 7.58. The van der Waals surface area contributed by atoms with E-state index < -0.39 is 0 Å². The Hall–Kier alpha value is -2.63. The molecule has 124 valence electrons. The second-order valence-corrected chi connectivity index (χ2v) is 6.38. The molecule has 24 heavy (non-hydrogen) atoms. The molecule has 2 aromatic heterocycles. The maximum Gasteiger partial charge on any atom is 0.148 e. The van der Waals surface area contributed by atoms with Gasteiger partial charge in [-0.1, -0.05) is 12.1 Å². The summed E-state index contributed by atoms with van der Waals surface area (Å²) in [6.07, 6.45) is 7.36. The Bertz CT molecular complexity index is 806. The van der Waals surface area contributed by atoms with E-state index in [1.54, 1.807) is 11.0 Å². The van der Waals surface area contributed by atoms with Gasteiger partial charge in [0.1, 0.15) is 18.0 Å². The van der Waals surface area contributed by atoms with E-state index in [0.717, 1.165) is 35.7 Å². The van der Waals surface area contributed by atoms with E-state index in [2.05, 4.69) is 57.4 Å². The molecule has 0 fully saturated rings. The van der Waals surface area contributed by atoms with E-state index in [4.69, 9.17) is 4.98 Å². The molecule has 0 bridgehead atoms. The summed E-state index contributed by atoms with van der Waals surface area (Å²) in [6.45, 7) is 3.18. The van der Waals surface area contributed by atoms with Gasteiger partial charge in [0.2, 0.25) is 0 Å². The second-order valence-electron chi connectivity index (χ2n) is 6.38. The summed E-state index contributed by atoms with van der Waals surface area (Å²) >= 11 is 0. The Morgan fingerprint density at radius 3 is 2.71 bits per heavy atom. The number of aryl methyl sites for hydroxylation is 3. The van der Waals surface area contributed by atoms with E-state index in [1.807, 2.05) is 7.05 Å². The molecule has 0 radical (unpaired) electrons. The number of nitrogens with one attached hydrogen (secondary N) is 1. The monoisotopic (exact) mass is 322 g/mol. The summed E-state index contributed by atoms with van der Waals surface area (Å²) in [4.78, 5) is 9.08. The molecular weight excluding hydrogens is 300 g/mol. The van der Waals surface area contributed by atoms with Crippen LogP contribution in [-0.4, -0.2) is 24.3 Å². The highest BCUT2D eigenvalue weighted by atomic mass is 15.3. The maximum atomic E-state index is 4.78. The van der Waals surface area contributed by atoms with Gasteiger partial charge >= 0.3 is 0 Å². The fraction of sp³-hybridized carbons (Fsp3) is 0.389. The van der Waals surface area contributed by atoms with Gasteiger partial charge in [-0.25, -0.2) is 9.97 Å². The Morgan fingerprint density at radius 2 is 2.00 bits per heavy atom. The maximum absolute atomic E-state index is 4.78. The standard InChI is InChI=1S/C18H22N6/c1-13(18-19-12-20-23(18)2)21-15-8-6-14(7-9-15)16-11-24-10-4-3-5-17(24)22-16/h6-9,11-13,21H,3-5,10H2,1-2H3. The first-order chi connectivity index (χ1) is 11.7. The van der Waals surface area contributed by atoms with Gasteiger partial charge in [-0.3, -0.25) is 4.68 Å². The smallest absolute Gasteiger partial charge is 0.148 e. The number of fused-ring (bicyclic) bond motifs is 1. The normalized spacial score (nSPS) is 15.1. The van der Waals surface area contributed by atoms with E-state index >= 15 is 0 Å². The molecule has 1 aliphatic rings. The molecule has 1 aromatic carbocycles. The molecule has 6 nitrogen and oxygen atoms in total. The van der Waals surface area contributed by atoms with Crippen LogP contribution < -0.4 is 5.32 Å². The highest BCUT2D eigenvalue weighted by Gasteiger charge is 2.14. The zero-order chi connectivity index (χ0) is 16.5. The largest absolute Gasteiger partial charge is 0.375 e. The molecule has 0 saturated carbocycles. The lowest BCUT2D eigenvalue weighted by Gasteiger charge is -2.14. The number of anilines is 1. The van der Waals surface area contributed by atoms with Crippen molar-refractivity contribution >= 4 is 5.69 Å². The van der Waals surface area contributed by atoms with Crippen molar-refractivity contribution in [2.45, 2.75) is 38.8 Å². The number of nitrogens with zero attached hydrogens (tertiary/aromatic N) is 5. The average molecular weight is 322 g/mol. The molecule has 0 aliphatic carbocycles. The van der Waals surface area contributed by atoms with Gasteiger partial charge in [0.25, 0.3) is 0 Å². The molecule has 3 aromatic rings. The minimum absolute atomic E-state index is 0.100. The van der Waals surface area contributed by atoms with Crippen LogP contribution in [0.4, 0.5) is 5.69 Å².